The van der Waals surface area contributed by atoms with Gasteiger partial charge in [-0.1, -0.05) is 0 Å². The van der Waals surface area contributed by atoms with Crippen molar-refractivity contribution < 1.29 is 33.4 Å². The van der Waals surface area contributed by atoms with Gasteiger partial charge in [0.2, 0.25) is 0 Å². The number of carbonyl (C=O) groups excluding carboxylic acids is 4. The van der Waals surface area contributed by atoms with Crippen LogP contribution in [0.3, 0.4) is 0 Å². The van der Waals surface area contributed by atoms with Gasteiger partial charge in [0.05, 0.1) is 13.5 Å². The number of esters is 1. The maximum absolute atomic E-state index is 11.0. The SMILES string of the molecule is CC(=O)c1c(O)cc(C)oc1=O.COC(=O)CC(=O)CC(C)=O. The molecule has 0 unspecified atom stereocenters. The minimum Gasteiger partial charge on any atom is -0.507 e. The first-order valence-corrected chi connectivity index (χ1v) is 6.51. The Labute approximate surface area is 132 Å². The van der Waals surface area contributed by atoms with Crippen molar-refractivity contribution in [3.63, 3.8) is 0 Å². The molecule has 0 atom stereocenters. The molecule has 8 heteroatoms. The van der Waals surface area contributed by atoms with E-state index in [1.54, 1.807) is 0 Å². The van der Waals surface area contributed by atoms with Crippen LogP contribution in [-0.4, -0.2) is 35.5 Å². The molecule has 0 radical (unpaired) electrons. The molecule has 8 nitrogen and oxygen atoms in total. The number of rotatable bonds is 5. The molecule has 0 aromatic carbocycles. The first-order valence-electron chi connectivity index (χ1n) is 6.51. The minimum atomic E-state index is -0.792. The van der Waals surface area contributed by atoms with Gasteiger partial charge in [0, 0.05) is 6.07 Å². The fourth-order valence-corrected chi connectivity index (χ4v) is 1.49. The van der Waals surface area contributed by atoms with Crippen LogP contribution in [0.2, 0.25) is 0 Å². The molecule has 1 heterocycles. The van der Waals surface area contributed by atoms with E-state index in [0.717, 1.165) is 0 Å². The summed E-state index contributed by atoms with van der Waals surface area (Å²) in [6.45, 7) is 4.02. The molecule has 1 N–H and O–H groups in total. The molecule has 0 saturated carbocycles. The Morgan fingerprint density at radius 2 is 1.74 bits per heavy atom. The standard InChI is InChI=1S/C8H8O4.C7H10O4/c1-4-3-6(10)7(5(2)9)8(11)12-4;1-5(8)3-6(9)4-7(10)11-2/h3,10H,1-2H3;3-4H2,1-2H3. The van der Waals surface area contributed by atoms with E-state index < -0.39 is 23.2 Å². The third-order valence-corrected chi connectivity index (χ3v) is 2.42. The summed E-state index contributed by atoms with van der Waals surface area (Å²) >= 11 is 0. The normalized spacial score (nSPS) is 9.39. The number of ketones is 3. The summed E-state index contributed by atoms with van der Waals surface area (Å²) in [6.07, 6.45) is -0.495. The van der Waals surface area contributed by atoms with Gasteiger partial charge in [0.25, 0.3) is 0 Å². The van der Waals surface area contributed by atoms with E-state index in [1.165, 1.54) is 33.9 Å². The molecule has 0 aliphatic heterocycles. The van der Waals surface area contributed by atoms with Crippen molar-refractivity contribution in [1.29, 1.82) is 0 Å². The van der Waals surface area contributed by atoms with Crippen LogP contribution in [0.4, 0.5) is 0 Å². The fourth-order valence-electron chi connectivity index (χ4n) is 1.49. The zero-order valence-corrected chi connectivity index (χ0v) is 13.3. The molecule has 0 aliphatic carbocycles. The molecule has 0 amide bonds. The van der Waals surface area contributed by atoms with Crippen LogP contribution in [0.1, 0.15) is 42.8 Å². The lowest BCUT2D eigenvalue weighted by Crippen LogP contribution is -2.11. The molecular weight excluding hydrogens is 308 g/mol. The van der Waals surface area contributed by atoms with E-state index >= 15 is 0 Å². The predicted octanol–water partition coefficient (Wildman–Crippen LogP) is 0.954. The van der Waals surface area contributed by atoms with E-state index in [4.69, 9.17) is 5.11 Å². The van der Waals surface area contributed by atoms with Gasteiger partial charge < -0.3 is 14.3 Å². The first kappa shape index (κ1) is 20.2. The van der Waals surface area contributed by atoms with E-state index in [-0.39, 0.29) is 35.7 Å². The molecule has 0 fully saturated rings. The number of aromatic hydroxyl groups is 1. The van der Waals surface area contributed by atoms with Crippen molar-refractivity contribution >= 4 is 23.3 Å². The Hall–Kier alpha value is -2.77. The maximum atomic E-state index is 11.0. The Morgan fingerprint density at radius 3 is 2.13 bits per heavy atom. The predicted molar refractivity (Wildman–Crippen MR) is 78.3 cm³/mol. The lowest BCUT2D eigenvalue weighted by atomic mass is 10.2. The average molecular weight is 326 g/mol. The molecule has 126 valence electrons. The number of hydrogen-bond donors (Lipinski definition) is 1. The lowest BCUT2D eigenvalue weighted by Gasteiger charge is -1.98. The van der Waals surface area contributed by atoms with Crippen molar-refractivity contribution in [2.24, 2.45) is 0 Å². The van der Waals surface area contributed by atoms with Crippen molar-refractivity contribution in [2.45, 2.75) is 33.6 Å². The zero-order valence-electron chi connectivity index (χ0n) is 13.3. The second-order valence-electron chi connectivity index (χ2n) is 4.63. The fraction of sp³-hybridized carbons (Fsp3) is 0.400. The van der Waals surface area contributed by atoms with Gasteiger partial charge in [0.15, 0.2) is 11.6 Å². The summed E-state index contributed by atoms with van der Waals surface area (Å²) < 4.78 is 8.85. The van der Waals surface area contributed by atoms with Crippen LogP contribution >= 0.6 is 0 Å². The molecule has 1 rings (SSSR count). The molecule has 23 heavy (non-hydrogen) atoms. The zero-order chi connectivity index (χ0) is 18.2. The number of Topliss-reactive ketones (excluding diaryl/α,β-unsaturated/α-hetero) is 3. The van der Waals surface area contributed by atoms with E-state index in [1.807, 2.05) is 0 Å². The number of methoxy groups -OCH3 is 1. The number of carbonyl (C=O) groups is 4. The average Bonchev–Trinajstić information content (AvgIpc) is 2.36. The Bertz CT molecular complexity index is 669. The summed E-state index contributed by atoms with van der Waals surface area (Å²) in [5, 5.41) is 9.16. The highest BCUT2D eigenvalue weighted by atomic mass is 16.5. The summed E-state index contributed by atoms with van der Waals surface area (Å²) in [5.74, 6) is -1.78. The molecule has 1 aromatic heterocycles. The lowest BCUT2D eigenvalue weighted by molar-refractivity contribution is -0.143. The van der Waals surface area contributed by atoms with Gasteiger partial charge in [-0.3, -0.25) is 19.2 Å². The first-order chi connectivity index (χ1) is 10.6. The van der Waals surface area contributed by atoms with Crippen LogP contribution in [0.25, 0.3) is 0 Å². The quantitative estimate of drug-likeness (QED) is 0.481. The summed E-state index contributed by atoms with van der Waals surface area (Å²) in [6, 6.07) is 1.23. The monoisotopic (exact) mass is 326 g/mol. The molecule has 0 saturated heterocycles. The molecular formula is C15H18O8. The van der Waals surface area contributed by atoms with Crippen LogP contribution < -0.4 is 5.63 Å². The highest BCUT2D eigenvalue weighted by Gasteiger charge is 2.13. The van der Waals surface area contributed by atoms with Crippen molar-refractivity contribution in [3.05, 3.63) is 27.8 Å². The van der Waals surface area contributed by atoms with Gasteiger partial charge in [-0.15, -0.1) is 0 Å². The third-order valence-electron chi connectivity index (χ3n) is 2.42. The second kappa shape index (κ2) is 9.29. The van der Waals surface area contributed by atoms with Gasteiger partial charge in [-0.05, 0) is 20.8 Å². The number of ether oxygens (including phenoxy) is 1. The highest BCUT2D eigenvalue weighted by Crippen LogP contribution is 2.14. The van der Waals surface area contributed by atoms with Crippen molar-refractivity contribution in [2.75, 3.05) is 7.11 Å². The van der Waals surface area contributed by atoms with Crippen LogP contribution in [0, 0.1) is 6.92 Å². The topological polar surface area (TPSA) is 128 Å². The van der Waals surface area contributed by atoms with Crippen LogP contribution in [-0.2, 0) is 19.1 Å². The summed E-state index contributed by atoms with van der Waals surface area (Å²) in [4.78, 5) is 53.2. The largest absolute Gasteiger partial charge is 0.507 e. The van der Waals surface area contributed by atoms with Crippen molar-refractivity contribution in [3.8, 4) is 5.75 Å². The molecule has 1 aromatic rings. The Balaban J connectivity index is 0.000000423. The van der Waals surface area contributed by atoms with E-state index in [0.29, 0.717) is 0 Å². The van der Waals surface area contributed by atoms with E-state index in [9.17, 15) is 24.0 Å². The molecule has 0 spiro atoms. The number of hydrogen-bond acceptors (Lipinski definition) is 8. The van der Waals surface area contributed by atoms with Gasteiger partial charge in [-0.25, -0.2) is 4.79 Å². The maximum Gasteiger partial charge on any atom is 0.350 e. The third kappa shape index (κ3) is 7.70. The van der Waals surface area contributed by atoms with Crippen LogP contribution in [0.15, 0.2) is 15.3 Å². The number of aryl methyl sites for hydroxylation is 1. The summed E-state index contributed by atoms with van der Waals surface area (Å²) in [7, 11) is 1.20. The molecule has 0 aliphatic rings. The van der Waals surface area contributed by atoms with E-state index in [2.05, 4.69) is 9.15 Å². The van der Waals surface area contributed by atoms with Gasteiger partial charge in [0.1, 0.15) is 29.3 Å². The van der Waals surface area contributed by atoms with Crippen LogP contribution in [0.5, 0.6) is 5.75 Å². The van der Waals surface area contributed by atoms with Crippen molar-refractivity contribution in [1.82, 2.24) is 0 Å². The Kier molecular flexibility index (Phi) is 8.17. The minimum absolute atomic E-state index is 0.185. The smallest absolute Gasteiger partial charge is 0.350 e. The van der Waals surface area contributed by atoms with Gasteiger partial charge >= 0.3 is 11.6 Å². The second-order valence-corrected chi connectivity index (χ2v) is 4.63. The molecule has 0 bridgehead atoms. The van der Waals surface area contributed by atoms with Gasteiger partial charge in [-0.2, -0.15) is 0 Å². The Morgan fingerprint density at radius 1 is 1.17 bits per heavy atom. The highest BCUT2D eigenvalue weighted by molar-refractivity contribution is 6.04. The summed E-state index contributed by atoms with van der Waals surface area (Å²) in [5.41, 5.74) is -1.08.